The third kappa shape index (κ3) is 3.55. The van der Waals surface area contributed by atoms with Crippen LogP contribution in [0.15, 0.2) is 54.7 Å². The molecule has 1 unspecified atom stereocenters. The second-order valence-electron chi connectivity index (χ2n) is 8.92. The molecule has 5 rings (SSSR count). The van der Waals surface area contributed by atoms with E-state index in [-0.39, 0.29) is 30.0 Å². The molecule has 3 amide bonds. The molecule has 0 aliphatic carbocycles. The highest BCUT2D eigenvalue weighted by Crippen LogP contribution is 2.29. The molecular formula is C26H26N4O4. The molecule has 2 bridgehead atoms. The van der Waals surface area contributed by atoms with Crippen molar-refractivity contribution in [3.63, 3.8) is 0 Å². The molecule has 1 fully saturated rings. The summed E-state index contributed by atoms with van der Waals surface area (Å²) in [6.07, 6.45) is 3.21. The summed E-state index contributed by atoms with van der Waals surface area (Å²) in [5.41, 5.74) is 2.28. The van der Waals surface area contributed by atoms with Crippen LogP contribution in [0.4, 0.5) is 5.69 Å². The molecule has 1 saturated heterocycles. The second kappa shape index (κ2) is 8.44. The summed E-state index contributed by atoms with van der Waals surface area (Å²) < 4.78 is 1.56. The van der Waals surface area contributed by atoms with Gasteiger partial charge in [0.2, 0.25) is 17.7 Å². The van der Waals surface area contributed by atoms with Gasteiger partial charge in [0, 0.05) is 38.5 Å². The number of nitrogens with zero attached hydrogens (tertiary/aromatic N) is 3. The van der Waals surface area contributed by atoms with Crippen molar-refractivity contribution < 1.29 is 19.2 Å². The molecule has 1 aromatic heterocycles. The van der Waals surface area contributed by atoms with Crippen LogP contribution in [0.1, 0.15) is 35.7 Å². The van der Waals surface area contributed by atoms with Gasteiger partial charge >= 0.3 is 0 Å². The maximum atomic E-state index is 13.8. The molecule has 2 atom stereocenters. The van der Waals surface area contributed by atoms with E-state index in [4.69, 9.17) is 0 Å². The Kier molecular flexibility index (Phi) is 5.43. The van der Waals surface area contributed by atoms with Gasteiger partial charge < -0.3 is 15.1 Å². The van der Waals surface area contributed by atoms with Crippen LogP contribution >= 0.6 is 0 Å². The van der Waals surface area contributed by atoms with Crippen LogP contribution < -0.4 is 5.32 Å². The summed E-state index contributed by atoms with van der Waals surface area (Å²) in [5, 5.41) is 3.74. The van der Waals surface area contributed by atoms with E-state index < -0.39 is 12.1 Å². The van der Waals surface area contributed by atoms with Gasteiger partial charge in [-0.1, -0.05) is 30.3 Å². The fourth-order valence-corrected chi connectivity index (χ4v) is 5.02. The number of rotatable bonds is 1. The first kappa shape index (κ1) is 21.9. The largest absolute Gasteiger partial charge is 0.334 e. The Labute approximate surface area is 197 Å². The van der Waals surface area contributed by atoms with Gasteiger partial charge in [-0.25, -0.2) is 0 Å². The van der Waals surface area contributed by atoms with Crippen LogP contribution in [0.3, 0.4) is 0 Å². The third-order valence-corrected chi connectivity index (χ3v) is 6.93. The van der Waals surface area contributed by atoms with Crippen molar-refractivity contribution in [2.45, 2.75) is 38.3 Å². The number of nitrogens with one attached hydrogen (secondary N) is 1. The van der Waals surface area contributed by atoms with E-state index in [9.17, 15) is 19.2 Å². The number of para-hydroxylation sites is 2. The Morgan fingerprint density at radius 1 is 1.06 bits per heavy atom. The summed E-state index contributed by atoms with van der Waals surface area (Å²) in [7, 11) is 1.61. The number of amides is 3. The molecule has 8 heteroatoms. The van der Waals surface area contributed by atoms with Crippen molar-refractivity contribution in [1.29, 1.82) is 0 Å². The Morgan fingerprint density at radius 2 is 1.79 bits per heavy atom. The standard InChI is InChI=1S/C26H26N4O4/c1-16(31)28(2)23-14-17-15-30(21-11-6-4-8-18(17)21)25(33)19-9-3-5-10-20(19)27-24(32)22-12-7-13-29(22)26(23)34/h3-6,8-11,15,22-23H,7,12-14H2,1-2H3,(H,27,32)/t22-,23?/m0/s1. The highest BCUT2D eigenvalue weighted by atomic mass is 16.2. The lowest BCUT2D eigenvalue weighted by atomic mass is 10.0. The highest BCUT2D eigenvalue weighted by molar-refractivity contribution is 6.09. The average Bonchev–Trinajstić information content (AvgIpc) is 3.47. The van der Waals surface area contributed by atoms with Crippen molar-refractivity contribution in [1.82, 2.24) is 14.4 Å². The van der Waals surface area contributed by atoms with Crippen LogP contribution in [0.2, 0.25) is 0 Å². The predicted molar refractivity (Wildman–Crippen MR) is 127 cm³/mol. The first-order chi connectivity index (χ1) is 16.4. The molecule has 34 heavy (non-hydrogen) atoms. The zero-order chi connectivity index (χ0) is 24.0. The fraction of sp³-hybridized carbons (Fsp3) is 0.308. The Bertz CT molecular complexity index is 1330. The van der Waals surface area contributed by atoms with Crippen molar-refractivity contribution in [2.75, 3.05) is 18.9 Å². The predicted octanol–water partition coefficient (Wildman–Crippen LogP) is 2.66. The molecule has 2 aliphatic rings. The zero-order valence-corrected chi connectivity index (χ0v) is 19.2. The highest BCUT2D eigenvalue weighted by Gasteiger charge is 2.40. The maximum Gasteiger partial charge on any atom is 0.264 e. The van der Waals surface area contributed by atoms with E-state index >= 15 is 0 Å². The number of likely N-dealkylation sites (N-methyl/N-ethyl adjacent to an activating group) is 1. The summed E-state index contributed by atoms with van der Waals surface area (Å²) in [6.45, 7) is 1.87. The normalized spacial score (nSPS) is 20.6. The first-order valence-electron chi connectivity index (χ1n) is 11.4. The lowest BCUT2D eigenvalue weighted by Crippen LogP contribution is -2.53. The van der Waals surface area contributed by atoms with E-state index in [2.05, 4.69) is 5.32 Å². The lowest BCUT2D eigenvalue weighted by molar-refractivity contribution is -0.145. The molecule has 0 saturated carbocycles. The van der Waals surface area contributed by atoms with E-state index in [1.165, 1.54) is 11.8 Å². The Morgan fingerprint density at radius 3 is 2.59 bits per heavy atom. The minimum atomic E-state index is -0.789. The van der Waals surface area contributed by atoms with Crippen molar-refractivity contribution in [3.8, 4) is 0 Å². The number of fused-ring (bicyclic) bond motifs is 7. The van der Waals surface area contributed by atoms with Gasteiger partial charge in [0.25, 0.3) is 5.91 Å². The van der Waals surface area contributed by atoms with Crippen LogP contribution in [-0.2, 0) is 20.8 Å². The lowest BCUT2D eigenvalue weighted by Gasteiger charge is -2.32. The van der Waals surface area contributed by atoms with E-state index in [1.54, 1.807) is 47.0 Å². The number of hydrogen-bond donors (Lipinski definition) is 1. The minimum Gasteiger partial charge on any atom is -0.334 e. The quantitative estimate of drug-likeness (QED) is 0.607. The minimum absolute atomic E-state index is 0.238. The summed E-state index contributed by atoms with van der Waals surface area (Å²) >= 11 is 0. The average molecular weight is 459 g/mol. The van der Waals surface area contributed by atoms with Gasteiger partial charge in [0.15, 0.2) is 0 Å². The van der Waals surface area contributed by atoms with Crippen LogP contribution in [0.5, 0.6) is 0 Å². The molecule has 0 spiro atoms. The van der Waals surface area contributed by atoms with Crippen molar-refractivity contribution in [3.05, 3.63) is 65.9 Å². The van der Waals surface area contributed by atoms with Crippen LogP contribution in [0.25, 0.3) is 10.9 Å². The third-order valence-electron chi connectivity index (χ3n) is 6.93. The molecule has 0 radical (unpaired) electrons. The number of benzene rings is 2. The number of anilines is 1. The number of aromatic nitrogens is 1. The monoisotopic (exact) mass is 458 g/mol. The van der Waals surface area contributed by atoms with E-state index in [0.29, 0.717) is 36.2 Å². The van der Waals surface area contributed by atoms with E-state index in [1.807, 2.05) is 24.3 Å². The molecule has 3 heterocycles. The van der Waals surface area contributed by atoms with Gasteiger partial charge in [-0.05, 0) is 36.6 Å². The molecule has 2 aliphatic heterocycles. The van der Waals surface area contributed by atoms with E-state index in [0.717, 1.165) is 10.9 Å². The summed E-state index contributed by atoms with van der Waals surface area (Å²) in [4.78, 5) is 56.0. The SMILES string of the molecule is CC(=O)N(C)C1Cc2cn(c3ccccc23)C(=O)c2ccccc2NC(=O)[C@@H]2CCCN2C1=O. The van der Waals surface area contributed by atoms with Gasteiger partial charge in [0.1, 0.15) is 12.1 Å². The maximum absolute atomic E-state index is 13.8. The van der Waals surface area contributed by atoms with Gasteiger partial charge in [-0.15, -0.1) is 0 Å². The summed E-state index contributed by atoms with van der Waals surface area (Å²) in [6, 6.07) is 13.0. The molecule has 174 valence electrons. The Hall–Kier alpha value is -3.94. The molecule has 1 N–H and O–H groups in total. The number of carbonyl (C=O) groups excluding carboxylic acids is 4. The summed E-state index contributed by atoms with van der Waals surface area (Å²) in [5.74, 6) is -1.10. The molecular weight excluding hydrogens is 432 g/mol. The topological polar surface area (TPSA) is 91.7 Å². The second-order valence-corrected chi connectivity index (χ2v) is 8.92. The van der Waals surface area contributed by atoms with Gasteiger partial charge in [-0.2, -0.15) is 0 Å². The van der Waals surface area contributed by atoms with Gasteiger partial charge in [-0.3, -0.25) is 23.7 Å². The van der Waals surface area contributed by atoms with Gasteiger partial charge in [0.05, 0.1) is 16.8 Å². The smallest absolute Gasteiger partial charge is 0.264 e. The number of hydrogen-bond acceptors (Lipinski definition) is 4. The Balaban J connectivity index is 1.72. The van der Waals surface area contributed by atoms with Crippen LogP contribution in [0, 0.1) is 0 Å². The fourth-order valence-electron chi connectivity index (χ4n) is 5.02. The molecule has 2 aromatic carbocycles. The molecule has 3 aromatic rings. The first-order valence-corrected chi connectivity index (χ1v) is 11.4. The molecule has 8 nitrogen and oxygen atoms in total. The van der Waals surface area contributed by atoms with Crippen molar-refractivity contribution >= 4 is 40.2 Å². The number of carbonyl (C=O) groups is 4. The van der Waals surface area contributed by atoms with Crippen LogP contribution in [-0.4, -0.2) is 63.7 Å². The van der Waals surface area contributed by atoms with Crippen molar-refractivity contribution in [2.24, 2.45) is 0 Å². The zero-order valence-electron chi connectivity index (χ0n) is 19.2.